The molecule has 1 fully saturated rings. The fourth-order valence-corrected chi connectivity index (χ4v) is 3.51. The van der Waals surface area contributed by atoms with Crippen molar-refractivity contribution in [1.29, 1.82) is 0 Å². The van der Waals surface area contributed by atoms with Gasteiger partial charge in [-0.1, -0.05) is 0 Å². The molecule has 0 bridgehead atoms. The Morgan fingerprint density at radius 1 is 1.44 bits per heavy atom. The number of carbonyl (C=O) groups is 1. The standard InChI is InChI=1S/C14H21NO2S/c1-9-8-13(11(3)18-9)14(17)15-6-4-12(5-7-15)10(2)16/h8,10,12,16H,4-7H2,1-3H3. The largest absolute Gasteiger partial charge is 0.393 e. The second-order valence-electron chi connectivity index (χ2n) is 5.20. The van der Waals surface area contributed by atoms with Crippen molar-refractivity contribution in [3.05, 3.63) is 21.4 Å². The van der Waals surface area contributed by atoms with E-state index < -0.39 is 0 Å². The van der Waals surface area contributed by atoms with E-state index in [1.165, 1.54) is 4.88 Å². The van der Waals surface area contributed by atoms with Crippen molar-refractivity contribution >= 4 is 17.2 Å². The van der Waals surface area contributed by atoms with Gasteiger partial charge in [-0.25, -0.2) is 0 Å². The van der Waals surface area contributed by atoms with Crippen LogP contribution in [-0.2, 0) is 0 Å². The lowest BCUT2D eigenvalue weighted by atomic mass is 9.92. The van der Waals surface area contributed by atoms with E-state index >= 15 is 0 Å². The normalized spacial score (nSPS) is 19.0. The van der Waals surface area contributed by atoms with Gasteiger partial charge in [0, 0.05) is 22.8 Å². The van der Waals surface area contributed by atoms with E-state index in [2.05, 4.69) is 0 Å². The summed E-state index contributed by atoms with van der Waals surface area (Å²) in [6, 6.07) is 1.99. The summed E-state index contributed by atoms with van der Waals surface area (Å²) in [5.41, 5.74) is 0.855. The van der Waals surface area contributed by atoms with E-state index in [1.807, 2.05) is 31.7 Å². The average Bonchev–Trinajstić information content (AvgIpc) is 2.67. The number of piperidine rings is 1. The monoisotopic (exact) mass is 267 g/mol. The van der Waals surface area contributed by atoms with Crippen LogP contribution >= 0.6 is 11.3 Å². The maximum absolute atomic E-state index is 12.4. The van der Waals surface area contributed by atoms with Crippen molar-refractivity contribution in [2.24, 2.45) is 5.92 Å². The molecule has 18 heavy (non-hydrogen) atoms. The Labute approximate surface area is 112 Å². The minimum absolute atomic E-state index is 0.154. The molecule has 1 aromatic rings. The minimum Gasteiger partial charge on any atom is -0.393 e. The number of aliphatic hydroxyl groups is 1. The third-order valence-electron chi connectivity index (χ3n) is 3.78. The summed E-state index contributed by atoms with van der Waals surface area (Å²) < 4.78 is 0. The number of rotatable bonds is 2. The van der Waals surface area contributed by atoms with Crippen molar-refractivity contribution in [2.75, 3.05) is 13.1 Å². The number of carbonyl (C=O) groups excluding carboxylic acids is 1. The third kappa shape index (κ3) is 2.75. The van der Waals surface area contributed by atoms with Gasteiger partial charge in [-0.05, 0) is 45.6 Å². The summed E-state index contributed by atoms with van der Waals surface area (Å²) in [4.78, 5) is 16.6. The van der Waals surface area contributed by atoms with Gasteiger partial charge >= 0.3 is 0 Å². The Balaban J connectivity index is 2.02. The molecule has 0 aromatic carbocycles. The molecule has 1 aliphatic rings. The van der Waals surface area contributed by atoms with Crippen LogP contribution in [0.3, 0.4) is 0 Å². The van der Waals surface area contributed by atoms with Gasteiger partial charge in [0.05, 0.1) is 11.7 Å². The Kier molecular flexibility index (Phi) is 4.07. The summed E-state index contributed by atoms with van der Waals surface area (Å²) in [5, 5.41) is 9.56. The molecular formula is C14H21NO2S. The van der Waals surface area contributed by atoms with Crippen LogP contribution in [0.4, 0.5) is 0 Å². The molecular weight excluding hydrogens is 246 g/mol. The number of likely N-dealkylation sites (tertiary alicyclic amines) is 1. The van der Waals surface area contributed by atoms with Gasteiger partial charge in [-0.3, -0.25) is 4.79 Å². The van der Waals surface area contributed by atoms with Crippen molar-refractivity contribution in [3.63, 3.8) is 0 Å². The number of nitrogens with zero attached hydrogens (tertiary/aromatic N) is 1. The molecule has 0 aliphatic carbocycles. The molecule has 1 amide bonds. The molecule has 100 valence electrons. The first-order chi connectivity index (χ1) is 8.49. The van der Waals surface area contributed by atoms with E-state index in [0.717, 1.165) is 36.4 Å². The predicted molar refractivity (Wildman–Crippen MR) is 74.1 cm³/mol. The van der Waals surface area contributed by atoms with Crippen LogP contribution in [0.25, 0.3) is 0 Å². The summed E-state index contributed by atoms with van der Waals surface area (Å²) in [6.45, 7) is 7.42. The van der Waals surface area contributed by atoms with Gasteiger partial charge < -0.3 is 10.0 Å². The Hall–Kier alpha value is -0.870. The molecule has 2 rings (SSSR count). The zero-order valence-corrected chi connectivity index (χ0v) is 12.1. The van der Waals surface area contributed by atoms with E-state index in [0.29, 0.717) is 5.92 Å². The van der Waals surface area contributed by atoms with Crippen molar-refractivity contribution < 1.29 is 9.90 Å². The van der Waals surface area contributed by atoms with Gasteiger partial charge in [-0.2, -0.15) is 0 Å². The third-order valence-corrected chi connectivity index (χ3v) is 4.75. The summed E-state index contributed by atoms with van der Waals surface area (Å²) >= 11 is 1.68. The maximum Gasteiger partial charge on any atom is 0.254 e. The lowest BCUT2D eigenvalue weighted by Crippen LogP contribution is -2.40. The first kappa shape index (κ1) is 13.6. The van der Waals surface area contributed by atoms with Crippen LogP contribution < -0.4 is 0 Å². The van der Waals surface area contributed by atoms with Crippen LogP contribution in [0.2, 0.25) is 0 Å². The lowest BCUT2D eigenvalue weighted by Gasteiger charge is -2.33. The summed E-state index contributed by atoms with van der Waals surface area (Å²) in [6.07, 6.45) is 1.56. The highest BCUT2D eigenvalue weighted by atomic mass is 32.1. The molecule has 1 atom stereocenters. The van der Waals surface area contributed by atoms with E-state index in [4.69, 9.17) is 0 Å². The molecule has 0 radical (unpaired) electrons. The molecule has 3 nitrogen and oxygen atoms in total. The maximum atomic E-state index is 12.4. The molecule has 1 saturated heterocycles. The van der Waals surface area contributed by atoms with Gasteiger partial charge in [0.25, 0.3) is 5.91 Å². The second kappa shape index (κ2) is 5.41. The van der Waals surface area contributed by atoms with E-state index in [1.54, 1.807) is 11.3 Å². The van der Waals surface area contributed by atoms with Crippen molar-refractivity contribution in [1.82, 2.24) is 4.90 Å². The highest BCUT2D eigenvalue weighted by Crippen LogP contribution is 2.25. The first-order valence-electron chi connectivity index (χ1n) is 6.53. The molecule has 1 N–H and O–H groups in total. The van der Waals surface area contributed by atoms with Crippen molar-refractivity contribution in [2.45, 2.75) is 39.7 Å². The first-order valence-corrected chi connectivity index (χ1v) is 7.35. The molecule has 1 aromatic heterocycles. The Morgan fingerprint density at radius 3 is 2.50 bits per heavy atom. The fraction of sp³-hybridized carbons (Fsp3) is 0.643. The highest BCUT2D eigenvalue weighted by molar-refractivity contribution is 7.12. The summed E-state index contributed by atoms with van der Waals surface area (Å²) in [5.74, 6) is 0.500. The number of hydrogen-bond donors (Lipinski definition) is 1. The Bertz CT molecular complexity index is 431. The van der Waals surface area contributed by atoms with E-state index in [9.17, 15) is 9.90 Å². The number of aliphatic hydroxyl groups excluding tert-OH is 1. The molecule has 0 saturated carbocycles. The quantitative estimate of drug-likeness (QED) is 0.894. The van der Waals surface area contributed by atoms with Crippen LogP contribution in [0.5, 0.6) is 0 Å². The zero-order chi connectivity index (χ0) is 13.3. The lowest BCUT2D eigenvalue weighted by molar-refractivity contribution is 0.0521. The molecule has 4 heteroatoms. The SMILES string of the molecule is Cc1cc(C(=O)N2CCC(C(C)O)CC2)c(C)s1. The molecule has 1 aliphatic heterocycles. The molecule has 0 spiro atoms. The van der Waals surface area contributed by atoms with Crippen LogP contribution in [0.15, 0.2) is 6.07 Å². The minimum atomic E-state index is -0.257. The molecule has 2 heterocycles. The number of thiophene rings is 1. The number of aryl methyl sites for hydroxylation is 2. The predicted octanol–water partition coefficient (Wildman–Crippen LogP) is 2.60. The van der Waals surface area contributed by atoms with Crippen molar-refractivity contribution in [3.8, 4) is 0 Å². The topological polar surface area (TPSA) is 40.5 Å². The summed E-state index contributed by atoms with van der Waals surface area (Å²) in [7, 11) is 0. The van der Waals surface area contributed by atoms with Gasteiger partial charge in [0.15, 0.2) is 0 Å². The fourth-order valence-electron chi connectivity index (χ4n) is 2.60. The zero-order valence-electron chi connectivity index (χ0n) is 11.3. The smallest absolute Gasteiger partial charge is 0.254 e. The average molecular weight is 267 g/mol. The Morgan fingerprint density at radius 2 is 2.06 bits per heavy atom. The van der Waals surface area contributed by atoms with Crippen LogP contribution in [-0.4, -0.2) is 35.1 Å². The second-order valence-corrected chi connectivity index (χ2v) is 6.66. The van der Waals surface area contributed by atoms with Gasteiger partial charge in [0.1, 0.15) is 0 Å². The van der Waals surface area contributed by atoms with E-state index in [-0.39, 0.29) is 12.0 Å². The number of amides is 1. The van der Waals surface area contributed by atoms with Gasteiger partial charge in [0.2, 0.25) is 0 Å². The highest BCUT2D eigenvalue weighted by Gasteiger charge is 2.27. The number of hydrogen-bond acceptors (Lipinski definition) is 3. The van der Waals surface area contributed by atoms with Crippen LogP contribution in [0, 0.1) is 19.8 Å². The van der Waals surface area contributed by atoms with Gasteiger partial charge in [-0.15, -0.1) is 11.3 Å². The molecule has 1 unspecified atom stereocenters. The van der Waals surface area contributed by atoms with Crippen LogP contribution in [0.1, 0.15) is 39.9 Å².